The van der Waals surface area contributed by atoms with Gasteiger partial charge < -0.3 is 15.5 Å². The molecule has 0 spiro atoms. The molecule has 174 valence electrons. The van der Waals surface area contributed by atoms with Gasteiger partial charge in [-0.15, -0.1) is 0 Å². The lowest BCUT2D eigenvalue weighted by Gasteiger charge is -2.31. The number of benzene rings is 2. The molecule has 3 N–H and O–H groups in total. The third-order valence-electron chi connectivity index (χ3n) is 5.81. The number of hydrogen-bond acceptors (Lipinski definition) is 5. The highest BCUT2D eigenvalue weighted by molar-refractivity contribution is 7.92. The first-order valence-corrected chi connectivity index (χ1v) is 12.6. The summed E-state index contributed by atoms with van der Waals surface area (Å²) < 4.78 is 29.1. The quantitative estimate of drug-likeness (QED) is 0.592. The zero-order valence-electron chi connectivity index (χ0n) is 19.6. The minimum atomic E-state index is -3.80. The molecule has 8 heteroatoms. The number of nitrogens with zero attached hydrogens (tertiary/aromatic N) is 1. The maximum atomic E-state index is 13.2. The summed E-state index contributed by atoms with van der Waals surface area (Å²) in [5, 5.41) is 6.33. The molecule has 1 amide bonds. The smallest absolute Gasteiger partial charge is 0.262 e. The fourth-order valence-corrected chi connectivity index (χ4v) is 5.67. The Hall–Kier alpha value is -2.58. The van der Waals surface area contributed by atoms with Gasteiger partial charge in [0.05, 0.1) is 10.5 Å². The zero-order valence-corrected chi connectivity index (χ0v) is 20.4. The van der Waals surface area contributed by atoms with Crippen molar-refractivity contribution in [2.24, 2.45) is 0 Å². The topological polar surface area (TPSA) is 90.5 Å². The number of sulfonamides is 1. The van der Waals surface area contributed by atoms with Gasteiger partial charge in [0.1, 0.15) is 0 Å². The van der Waals surface area contributed by atoms with E-state index in [2.05, 4.69) is 20.3 Å². The number of aryl methyl sites for hydroxylation is 3. The minimum Gasteiger partial charge on any atom is -0.368 e. The molecule has 1 unspecified atom stereocenters. The number of carbonyl (C=O) groups is 1. The predicted octanol–water partition coefficient (Wildman–Crippen LogP) is 3.35. The molecular weight excluding hydrogens is 424 g/mol. The van der Waals surface area contributed by atoms with Crippen molar-refractivity contribution in [1.29, 1.82) is 0 Å². The lowest BCUT2D eigenvalue weighted by Crippen LogP contribution is -2.44. The summed E-state index contributed by atoms with van der Waals surface area (Å²) in [5.74, 6) is -0.198. The number of hydrogen-bond donors (Lipinski definition) is 3. The van der Waals surface area contributed by atoms with Crippen LogP contribution in [0.15, 0.2) is 35.2 Å². The molecule has 1 atom stereocenters. The van der Waals surface area contributed by atoms with Gasteiger partial charge in [-0.1, -0.05) is 24.6 Å². The van der Waals surface area contributed by atoms with E-state index in [1.165, 1.54) is 0 Å². The first-order chi connectivity index (χ1) is 15.1. The van der Waals surface area contributed by atoms with E-state index < -0.39 is 10.0 Å². The lowest BCUT2D eigenvalue weighted by atomic mass is 10.1. The number of piperazine rings is 1. The van der Waals surface area contributed by atoms with Crippen molar-refractivity contribution in [3.05, 3.63) is 52.6 Å². The molecule has 1 fully saturated rings. The van der Waals surface area contributed by atoms with Crippen LogP contribution >= 0.6 is 0 Å². The molecule has 1 heterocycles. The SMILES string of the molecule is CCC(C)NC(=O)c1cc(NS(=O)(=O)c2c(C)cc(C)cc2C)ccc1N1CCNCC1. The van der Waals surface area contributed by atoms with Gasteiger partial charge >= 0.3 is 0 Å². The molecule has 2 aromatic rings. The number of anilines is 2. The van der Waals surface area contributed by atoms with Crippen LogP contribution in [0.2, 0.25) is 0 Å². The second kappa shape index (κ2) is 9.92. The second-order valence-corrected chi connectivity index (χ2v) is 10.2. The van der Waals surface area contributed by atoms with Crippen LogP contribution in [0.3, 0.4) is 0 Å². The third-order valence-corrected chi connectivity index (χ3v) is 7.50. The van der Waals surface area contributed by atoms with E-state index in [-0.39, 0.29) is 16.8 Å². The summed E-state index contributed by atoms with van der Waals surface area (Å²) in [7, 11) is -3.80. The summed E-state index contributed by atoms with van der Waals surface area (Å²) in [4.78, 5) is 15.5. The molecule has 1 aliphatic heterocycles. The zero-order chi connectivity index (χ0) is 23.5. The molecule has 0 aromatic heterocycles. The van der Waals surface area contributed by atoms with Gasteiger partial charge in [-0.05, 0) is 63.4 Å². The summed E-state index contributed by atoms with van der Waals surface area (Å²) in [5.41, 5.74) is 4.08. The van der Waals surface area contributed by atoms with Crippen LogP contribution in [-0.4, -0.2) is 46.5 Å². The van der Waals surface area contributed by atoms with E-state index in [0.717, 1.165) is 43.9 Å². The monoisotopic (exact) mass is 458 g/mol. The summed E-state index contributed by atoms with van der Waals surface area (Å²) >= 11 is 0. The van der Waals surface area contributed by atoms with Crippen molar-refractivity contribution in [1.82, 2.24) is 10.6 Å². The lowest BCUT2D eigenvalue weighted by molar-refractivity contribution is 0.0939. The van der Waals surface area contributed by atoms with Gasteiger partial charge in [0.2, 0.25) is 0 Å². The Balaban J connectivity index is 1.98. The standard InChI is InChI=1S/C24H34N4O3S/c1-6-19(5)26-24(29)21-15-20(7-8-22(21)28-11-9-25-10-12-28)27-32(30,31)23-17(3)13-16(2)14-18(23)4/h7-8,13-15,19,25,27H,6,9-12H2,1-5H3,(H,26,29). The van der Waals surface area contributed by atoms with E-state index in [1.807, 2.05) is 39.0 Å². The number of amides is 1. The minimum absolute atomic E-state index is 0.0246. The first kappa shape index (κ1) is 24.1. The van der Waals surface area contributed by atoms with E-state index in [0.29, 0.717) is 22.4 Å². The Bertz CT molecular complexity index is 1070. The Morgan fingerprint density at radius 2 is 1.72 bits per heavy atom. The van der Waals surface area contributed by atoms with E-state index >= 15 is 0 Å². The molecule has 7 nitrogen and oxygen atoms in total. The van der Waals surface area contributed by atoms with Gasteiger partial charge in [-0.3, -0.25) is 9.52 Å². The van der Waals surface area contributed by atoms with Crippen LogP contribution in [0.1, 0.15) is 47.3 Å². The average molecular weight is 459 g/mol. The molecule has 3 rings (SSSR count). The average Bonchev–Trinajstić information content (AvgIpc) is 2.72. The maximum absolute atomic E-state index is 13.2. The van der Waals surface area contributed by atoms with Crippen LogP contribution in [0, 0.1) is 20.8 Å². The highest BCUT2D eigenvalue weighted by Gasteiger charge is 2.23. The van der Waals surface area contributed by atoms with E-state index in [1.54, 1.807) is 26.0 Å². The van der Waals surface area contributed by atoms with Crippen LogP contribution in [0.25, 0.3) is 0 Å². The first-order valence-electron chi connectivity index (χ1n) is 11.1. The molecule has 0 radical (unpaired) electrons. The van der Waals surface area contributed by atoms with Gasteiger partial charge in [0.15, 0.2) is 0 Å². The molecule has 1 saturated heterocycles. The van der Waals surface area contributed by atoms with Crippen molar-refractivity contribution in [2.45, 2.75) is 52.0 Å². The van der Waals surface area contributed by atoms with Crippen LogP contribution < -0.4 is 20.3 Å². The Morgan fingerprint density at radius 3 is 2.31 bits per heavy atom. The molecule has 0 bridgehead atoms. The second-order valence-electron chi connectivity index (χ2n) is 8.59. The Labute approximate surface area is 191 Å². The predicted molar refractivity (Wildman–Crippen MR) is 130 cm³/mol. The van der Waals surface area contributed by atoms with Crippen LogP contribution in [0.4, 0.5) is 11.4 Å². The highest BCUT2D eigenvalue weighted by atomic mass is 32.2. The van der Waals surface area contributed by atoms with E-state index in [4.69, 9.17) is 0 Å². The van der Waals surface area contributed by atoms with Crippen LogP contribution in [-0.2, 0) is 10.0 Å². The van der Waals surface area contributed by atoms with Gasteiger partial charge in [-0.2, -0.15) is 0 Å². The van der Waals surface area contributed by atoms with Crippen molar-refractivity contribution in [2.75, 3.05) is 35.8 Å². The molecule has 0 saturated carbocycles. The molecular formula is C24H34N4O3S. The molecule has 1 aliphatic rings. The fourth-order valence-electron chi connectivity index (χ4n) is 4.16. The fraction of sp³-hybridized carbons (Fsp3) is 0.458. The van der Waals surface area contributed by atoms with Crippen LogP contribution in [0.5, 0.6) is 0 Å². The summed E-state index contributed by atoms with van der Waals surface area (Å²) in [6.07, 6.45) is 0.813. The Kier molecular flexibility index (Phi) is 7.46. The maximum Gasteiger partial charge on any atom is 0.262 e. The molecule has 2 aromatic carbocycles. The largest absolute Gasteiger partial charge is 0.368 e. The summed E-state index contributed by atoms with van der Waals surface area (Å²) in [6, 6.07) is 8.96. The van der Waals surface area contributed by atoms with Crippen molar-refractivity contribution in [3.63, 3.8) is 0 Å². The van der Waals surface area contributed by atoms with Crippen molar-refractivity contribution < 1.29 is 13.2 Å². The van der Waals surface area contributed by atoms with Gasteiger partial charge in [0, 0.05) is 43.6 Å². The molecule has 0 aliphatic carbocycles. The summed E-state index contributed by atoms with van der Waals surface area (Å²) in [6.45, 7) is 12.8. The highest BCUT2D eigenvalue weighted by Crippen LogP contribution is 2.28. The number of carbonyl (C=O) groups excluding carboxylic acids is 1. The van der Waals surface area contributed by atoms with Gasteiger partial charge in [0.25, 0.3) is 15.9 Å². The molecule has 32 heavy (non-hydrogen) atoms. The van der Waals surface area contributed by atoms with Crippen molar-refractivity contribution >= 4 is 27.3 Å². The Morgan fingerprint density at radius 1 is 1.09 bits per heavy atom. The normalized spacial score (nSPS) is 15.3. The third kappa shape index (κ3) is 5.42. The van der Waals surface area contributed by atoms with E-state index in [9.17, 15) is 13.2 Å². The van der Waals surface area contributed by atoms with Gasteiger partial charge in [-0.25, -0.2) is 8.42 Å². The number of rotatable bonds is 7. The van der Waals surface area contributed by atoms with Crippen molar-refractivity contribution in [3.8, 4) is 0 Å². The number of nitrogens with one attached hydrogen (secondary N) is 3.